The van der Waals surface area contributed by atoms with Crippen molar-refractivity contribution in [1.29, 1.82) is 0 Å². The third-order valence-electron chi connectivity index (χ3n) is 4.72. The van der Waals surface area contributed by atoms with Gasteiger partial charge in [-0.05, 0) is 61.6 Å². The van der Waals surface area contributed by atoms with Crippen LogP contribution >= 0.6 is 0 Å². The predicted molar refractivity (Wildman–Crippen MR) is 106 cm³/mol. The number of anilines is 1. The molecule has 0 heterocycles. The minimum absolute atomic E-state index is 0.162. The van der Waals surface area contributed by atoms with Crippen LogP contribution in [0.2, 0.25) is 0 Å². The Bertz CT molecular complexity index is 781. The summed E-state index contributed by atoms with van der Waals surface area (Å²) in [6, 6.07) is 16.7. The molecule has 5 nitrogen and oxygen atoms in total. The predicted octanol–water partition coefficient (Wildman–Crippen LogP) is 4.36. The molecular weight excluding hydrogens is 340 g/mol. The summed E-state index contributed by atoms with van der Waals surface area (Å²) in [5.74, 6) is 1.56. The summed E-state index contributed by atoms with van der Waals surface area (Å²) in [4.78, 5) is 25.0. The number of nitrogens with one attached hydrogen (secondary N) is 2. The third-order valence-corrected chi connectivity index (χ3v) is 4.72. The molecule has 5 heteroatoms. The number of hydrogen-bond donors (Lipinski definition) is 2. The molecule has 0 atom stereocenters. The summed E-state index contributed by atoms with van der Waals surface area (Å²) >= 11 is 0. The number of hydrogen-bond acceptors (Lipinski definition) is 3. The SMILES string of the molecule is CC(C)CCNC(=O)C1(C(=O)Nc2ccc(Oc3ccccc3)cc2)CC1. The van der Waals surface area contributed by atoms with E-state index in [9.17, 15) is 9.59 Å². The van der Waals surface area contributed by atoms with Gasteiger partial charge in [0.1, 0.15) is 16.9 Å². The van der Waals surface area contributed by atoms with Crippen LogP contribution in [0.4, 0.5) is 5.69 Å². The Kier molecular flexibility index (Phi) is 5.79. The van der Waals surface area contributed by atoms with Crippen molar-refractivity contribution in [2.24, 2.45) is 11.3 Å². The minimum atomic E-state index is -0.907. The second-order valence-corrected chi connectivity index (χ2v) is 7.41. The smallest absolute Gasteiger partial charge is 0.240 e. The summed E-state index contributed by atoms with van der Waals surface area (Å²) in [5, 5.41) is 5.76. The fourth-order valence-electron chi connectivity index (χ4n) is 2.81. The number of carbonyl (C=O) groups is 2. The van der Waals surface area contributed by atoms with Crippen molar-refractivity contribution in [1.82, 2.24) is 5.32 Å². The van der Waals surface area contributed by atoms with Crippen LogP contribution < -0.4 is 15.4 Å². The zero-order valence-electron chi connectivity index (χ0n) is 15.8. The molecule has 0 spiro atoms. The van der Waals surface area contributed by atoms with Gasteiger partial charge in [0.05, 0.1) is 0 Å². The van der Waals surface area contributed by atoms with E-state index in [0.717, 1.165) is 12.2 Å². The molecular formula is C22H26N2O3. The van der Waals surface area contributed by atoms with Crippen LogP contribution in [0.5, 0.6) is 11.5 Å². The molecule has 2 aromatic carbocycles. The number of benzene rings is 2. The van der Waals surface area contributed by atoms with Crippen molar-refractivity contribution in [3.63, 3.8) is 0 Å². The van der Waals surface area contributed by atoms with Gasteiger partial charge in [0.25, 0.3) is 0 Å². The summed E-state index contributed by atoms with van der Waals surface area (Å²) in [6.45, 7) is 4.82. The average Bonchev–Trinajstić information content (AvgIpc) is 3.46. The van der Waals surface area contributed by atoms with Gasteiger partial charge >= 0.3 is 0 Å². The van der Waals surface area contributed by atoms with Gasteiger partial charge in [-0.1, -0.05) is 32.0 Å². The largest absolute Gasteiger partial charge is 0.457 e. The lowest BCUT2D eigenvalue weighted by Gasteiger charge is -2.16. The number of ether oxygens (including phenoxy) is 1. The van der Waals surface area contributed by atoms with Crippen molar-refractivity contribution >= 4 is 17.5 Å². The Morgan fingerprint density at radius 2 is 1.59 bits per heavy atom. The zero-order chi connectivity index (χ0) is 19.3. The van der Waals surface area contributed by atoms with E-state index in [4.69, 9.17) is 4.74 Å². The number of carbonyl (C=O) groups excluding carboxylic acids is 2. The quantitative estimate of drug-likeness (QED) is 0.682. The van der Waals surface area contributed by atoms with Crippen LogP contribution in [0, 0.1) is 11.3 Å². The molecule has 2 N–H and O–H groups in total. The Hall–Kier alpha value is -2.82. The lowest BCUT2D eigenvalue weighted by Crippen LogP contribution is -2.40. The summed E-state index contributed by atoms with van der Waals surface area (Å²) in [7, 11) is 0. The number of amides is 2. The first-order valence-electron chi connectivity index (χ1n) is 9.42. The average molecular weight is 366 g/mol. The van der Waals surface area contributed by atoms with E-state index in [2.05, 4.69) is 24.5 Å². The first-order chi connectivity index (χ1) is 13.0. The molecule has 0 saturated heterocycles. The molecule has 0 radical (unpaired) electrons. The van der Waals surface area contributed by atoms with E-state index in [1.165, 1.54) is 0 Å². The summed E-state index contributed by atoms with van der Waals surface area (Å²) in [5.41, 5.74) is -0.252. The fraction of sp³-hybridized carbons (Fsp3) is 0.364. The molecule has 2 amide bonds. The van der Waals surface area contributed by atoms with Gasteiger partial charge in [-0.2, -0.15) is 0 Å². The van der Waals surface area contributed by atoms with Crippen molar-refractivity contribution < 1.29 is 14.3 Å². The summed E-state index contributed by atoms with van der Waals surface area (Å²) in [6.07, 6.45) is 2.11. The molecule has 27 heavy (non-hydrogen) atoms. The molecule has 2 aromatic rings. The van der Waals surface area contributed by atoms with E-state index in [1.54, 1.807) is 24.3 Å². The van der Waals surface area contributed by atoms with Gasteiger partial charge in [-0.15, -0.1) is 0 Å². The number of para-hydroxylation sites is 1. The van der Waals surface area contributed by atoms with Crippen LogP contribution in [0.25, 0.3) is 0 Å². The second-order valence-electron chi connectivity index (χ2n) is 7.41. The molecule has 0 bridgehead atoms. The van der Waals surface area contributed by atoms with E-state index < -0.39 is 5.41 Å². The Morgan fingerprint density at radius 1 is 0.963 bits per heavy atom. The highest BCUT2D eigenvalue weighted by molar-refractivity contribution is 6.13. The van der Waals surface area contributed by atoms with Crippen molar-refractivity contribution in [2.75, 3.05) is 11.9 Å². The molecule has 1 saturated carbocycles. The van der Waals surface area contributed by atoms with Gasteiger partial charge in [-0.25, -0.2) is 0 Å². The zero-order valence-corrected chi connectivity index (χ0v) is 15.8. The van der Waals surface area contributed by atoms with Crippen LogP contribution in [0.1, 0.15) is 33.1 Å². The van der Waals surface area contributed by atoms with E-state index >= 15 is 0 Å². The first-order valence-corrected chi connectivity index (χ1v) is 9.42. The lowest BCUT2D eigenvalue weighted by molar-refractivity contribution is -0.134. The third kappa shape index (κ3) is 4.88. The Morgan fingerprint density at radius 3 is 2.19 bits per heavy atom. The summed E-state index contributed by atoms with van der Waals surface area (Å²) < 4.78 is 5.74. The molecule has 142 valence electrons. The Balaban J connectivity index is 1.55. The maximum absolute atomic E-state index is 12.6. The molecule has 0 aromatic heterocycles. The van der Waals surface area contributed by atoms with Gasteiger partial charge in [0, 0.05) is 12.2 Å². The van der Waals surface area contributed by atoms with Crippen LogP contribution in [0.15, 0.2) is 54.6 Å². The lowest BCUT2D eigenvalue weighted by atomic mass is 10.0. The Labute approximate surface area is 160 Å². The highest BCUT2D eigenvalue weighted by atomic mass is 16.5. The van der Waals surface area contributed by atoms with E-state index in [0.29, 0.717) is 36.7 Å². The molecule has 0 aliphatic heterocycles. The maximum atomic E-state index is 12.6. The van der Waals surface area contributed by atoms with Gasteiger partial charge in [0.2, 0.25) is 11.8 Å². The maximum Gasteiger partial charge on any atom is 0.240 e. The van der Waals surface area contributed by atoms with Crippen molar-refractivity contribution in [3.05, 3.63) is 54.6 Å². The molecule has 1 fully saturated rings. The topological polar surface area (TPSA) is 67.4 Å². The highest BCUT2D eigenvalue weighted by Crippen LogP contribution is 2.46. The number of rotatable bonds is 8. The van der Waals surface area contributed by atoms with E-state index in [1.807, 2.05) is 30.3 Å². The van der Waals surface area contributed by atoms with Gasteiger partial charge in [0.15, 0.2) is 0 Å². The van der Waals surface area contributed by atoms with Gasteiger partial charge < -0.3 is 15.4 Å². The minimum Gasteiger partial charge on any atom is -0.457 e. The standard InChI is InChI=1S/C22H26N2O3/c1-16(2)12-15-23-20(25)22(13-14-22)21(26)24-17-8-10-19(11-9-17)27-18-6-4-3-5-7-18/h3-11,16H,12-15H2,1-2H3,(H,23,25)(H,24,26). The second kappa shape index (κ2) is 8.25. The van der Waals surface area contributed by atoms with E-state index in [-0.39, 0.29) is 11.8 Å². The fourth-order valence-corrected chi connectivity index (χ4v) is 2.81. The molecule has 3 rings (SSSR count). The van der Waals surface area contributed by atoms with Crippen molar-refractivity contribution in [2.45, 2.75) is 33.1 Å². The van der Waals surface area contributed by atoms with Crippen LogP contribution in [-0.2, 0) is 9.59 Å². The highest BCUT2D eigenvalue weighted by Gasteiger charge is 2.56. The normalized spacial score (nSPS) is 14.5. The van der Waals surface area contributed by atoms with Crippen LogP contribution in [-0.4, -0.2) is 18.4 Å². The van der Waals surface area contributed by atoms with Crippen LogP contribution in [0.3, 0.4) is 0 Å². The monoisotopic (exact) mass is 366 g/mol. The molecule has 1 aliphatic carbocycles. The molecule has 1 aliphatic rings. The molecule has 0 unspecified atom stereocenters. The first kappa shape index (κ1) is 19.0. The van der Waals surface area contributed by atoms with Crippen molar-refractivity contribution in [3.8, 4) is 11.5 Å². The van der Waals surface area contributed by atoms with Gasteiger partial charge in [-0.3, -0.25) is 9.59 Å².